The summed E-state index contributed by atoms with van der Waals surface area (Å²) in [5, 5.41) is 17.2. The highest BCUT2D eigenvalue weighted by Crippen LogP contribution is 2.33. The molecule has 0 radical (unpaired) electrons. The highest BCUT2D eigenvalue weighted by atomic mass is 16.5. The number of carbonyl (C=O) groups excluding carboxylic acids is 1. The lowest BCUT2D eigenvalue weighted by atomic mass is 10.1. The lowest BCUT2D eigenvalue weighted by Crippen LogP contribution is -2.28. The van der Waals surface area contributed by atoms with Crippen molar-refractivity contribution in [3.05, 3.63) is 72.1 Å². The third-order valence-corrected chi connectivity index (χ3v) is 6.56. The number of carbonyl (C=O) groups is 1. The van der Waals surface area contributed by atoms with Crippen molar-refractivity contribution in [2.75, 3.05) is 13.2 Å². The van der Waals surface area contributed by atoms with Crippen LogP contribution in [0.15, 0.2) is 60.9 Å². The molecule has 1 aromatic carbocycles. The average Bonchev–Trinajstić information content (AvgIpc) is 3.36. The lowest BCUT2D eigenvalue weighted by Gasteiger charge is -2.23. The van der Waals surface area contributed by atoms with Gasteiger partial charge < -0.3 is 24.6 Å². The van der Waals surface area contributed by atoms with E-state index in [1.54, 1.807) is 12.4 Å². The van der Waals surface area contributed by atoms with Gasteiger partial charge in [-0.1, -0.05) is 30.3 Å². The summed E-state index contributed by atoms with van der Waals surface area (Å²) in [6.45, 7) is 3.14. The first-order valence-corrected chi connectivity index (χ1v) is 13.3. The Bertz CT molecular complexity index is 1390. The van der Waals surface area contributed by atoms with Crippen LogP contribution in [0.1, 0.15) is 50.0 Å². The number of rotatable bonds is 10. The van der Waals surface area contributed by atoms with Crippen LogP contribution in [0.3, 0.4) is 0 Å². The number of benzene rings is 1. The zero-order chi connectivity index (χ0) is 27.0. The second-order valence-electron chi connectivity index (χ2n) is 9.58. The van der Waals surface area contributed by atoms with Gasteiger partial charge >= 0.3 is 6.09 Å². The molecule has 1 fully saturated rings. The van der Waals surface area contributed by atoms with Gasteiger partial charge in [0.2, 0.25) is 5.88 Å². The van der Waals surface area contributed by atoms with E-state index in [0.29, 0.717) is 42.2 Å². The average molecular weight is 532 g/mol. The topological polar surface area (TPSA) is 121 Å². The molecule has 1 unspecified atom stereocenters. The fourth-order valence-electron chi connectivity index (χ4n) is 4.52. The molecule has 2 atom stereocenters. The Labute approximate surface area is 226 Å². The van der Waals surface area contributed by atoms with Crippen LogP contribution in [-0.4, -0.2) is 50.2 Å². The largest absolute Gasteiger partial charge is 0.475 e. The van der Waals surface area contributed by atoms with E-state index in [4.69, 9.17) is 24.3 Å². The van der Waals surface area contributed by atoms with E-state index in [-0.39, 0.29) is 25.5 Å². The van der Waals surface area contributed by atoms with Crippen molar-refractivity contribution < 1.29 is 24.1 Å². The minimum Gasteiger partial charge on any atom is -0.475 e. The standard InChI is InChI=1S/C29H33N5O5/c1-20(12-13-31-29(36)38-19-21-7-3-2-4-8-21)39-25-11-10-24-28(32-25)27(23-15-22(18-35)16-30-17-23)33-34(24)26-9-5-6-14-37-26/h2-4,7-8,10-11,15-17,20,26,35H,5-6,9,12-14,18-19H2,1H3,(H,31,36)/t20-,26?/m1/s1. The van der Waals surface area contributed by atoms with E-state index in [9.17, 15) is 9.90 Å². The van der Waals surface area contributed by atoms with E-state index >= 15 is 0 Å². The minimum atomic E-state index is -0.466. The summed E-state index contributed by atoms with van der Waals surface area (Å²) in [4.78, 5) is 21.1. The van der Waals surface area contributed by atoms with Crippen molar-refractivity contribution >= 4 is 17.1 Å². The molecule has 0 aliphatic carbocycles. The van der Waals surface area contributed by atoms with Crippen LogP contribution < -0.4 is 10.1 Å². The number of amides is 1. The smallest absolute Gasteiger partial charge is 0.407 e. The number of ether oxygens (including phenoxy) is 3. The molecule has 1 aliphatic rings. The molecule has 1 saturated heterocycles. The predicted molar refractivity (Wildman–Crippen MR) is 145 cm³/mol. The Kier molecular flexibility index (Phi) is 8.65. The van der Waals surface area contributed by atoms with Crippen molar-refractivity contribution in [1.82, 2.24) is 25.1 Å². The monoisotopic (exact) mass is 531 g/mol. The molecule has 0 spiro atoms. The zero-order valence-corrected chi connectivity index (χ0v) is 22.0. The third-order valence-electron chi connectivity index (χ3n) is 6.56. The maximum absolute atomic E-state index is 12.0. The fraction of sp³-hybridized carbons (Fsp3) is 0.379. The number of aliphatic hydroxyl groups excluding tert-OH is 1. The van der Waals surface area contributed by atoms with E-state index in [0.717, 1.165) is 35.9 Å². The first-order chi connectivity index (χ1) is 19.1. The Balaban J connectivity index is 1.26. The molecule has 0 saturated carbocycles. The Morgan fingerprint density at radius 3 is 2.85 bits per heavy atom. The van der Waals surface area contributed by atoms with Crippen molar-refractivity contribution in [3.63, 3.8) is 0 Å². The van der Waals surface area contributed by atoms with Crippen LogP contribution in [-0.2, 0) is 22.7 Å². The van der Waals surface area contributed by atoms with Gasteiger partial charge in [0.15, 0.2) is 6.23 Å². The highest BCUT2D eigenvalue weighted by Gasteiger charge is 2.23. The molecule has 204 valence electrons. The Morgan fingerprint density at radius 2 is 2.05 bits per heavy atom. The summed E-state index contributed by atoms with van der Waals surface area (Å²) in [6, 6.07) is 15.2. The number of hydrogen-bond acceptors (Lipinski definition) is 8. The van der Waals surface area contributed by atoms with E-state index in [1.165, 1.54) is 0 Å². The van der Waals surface area contributed by atoms with Gasteiger partial charge in [0.25, 0.3) is 0 Å². The highest BCUT2D eigenvalue weighted by molar-refractivity contribution is 5.90. The second kappa shape index (κ2) is 12.7. The molecule has 4 aromatic rings. The van der Waals surface area contributed by atoms with E-state index < -0.39 is 6.09 Å². The number of pyridine rings is 2. The normalized spacial score (nSPS) is 16.1. The van der Waals surface area contributed by atoms with Gasteiger partial charge in [-0.05, 0) is 49.4 Å². The Hall–Kier alpha value is -4.02. The van der Waals surface area contributed by atoms with Crippen LogP contribution in [0.2, 0.25) is 0 Å². The molecule has 3 aromatic heterocycles. The van der Waals surface area contributed by atoms with Crippen molar-refractivity contribution in [2.45, 2.75) is 58.2 Å². The summed E-state index contributed by atoms with van der Waals surface area (Å²) in [7, 11) is 0. The Morgan fingerprint density at radius 1 is 1.18 bits per heavy atom. The molecular weight excluding hydrogens is 498 g/mol. The zero-order valence-electron chi connectivity index (χ0n) is 22.0. The number of aliphatic hydroxyl groups is 1. The van der Waals surface area contributed by atoms with Gasteiger partial charge in [0.1, 0.15) is 17.8 Å². The van der Waals surface area contributed by atoms with Gasteiger partial charge in [-0.3, -0.25) is 4.98 Å². The van der Waals surface area contributed by atoms with Crippen LogP contribution in [0.25, 0.3) is 22.3 Å². The van der Waals surface area contributed by atoms with Crippen molar-refractivity contribution in [2.24, 2.45) is 0 Å². The van der Waals surface area contributed by atoms with E-state index in [1.807, 2.05) is 60.1 Å². The number of aromatic nitrogens is 4. The van der Waals surface area contributed by atoms with Crippen LogP contribution in [0.4, 0.5) is 4.79 Å². The first kappa shape index (κ1) is 26.6. The second-order valence-corrected chi connectivity index (χ2v) is 9.58. The number of nitrogens with one attached hydrogen (secondary N) is 1. The molecule has 4 heterocycles. The number of nitrogens with zero attached hydrogens (tertiary/aromatic N) is 4. The van der Waals surface area contributed by atoms with Crippen molar-refractivity contribution in [3.8, 4) is 17.1 Å². The van der Waals surface area contributed by atoms with Crippen molar-refractivity contribution in [1.29, 1.82) is 0 Å². The summed E-state index contributed by atoms with van der Waals surface area (Å²) in [5.74, 6) is 0.457. The van der Waals surface area contributed by atoms with Crippen LogP contribution in [0, 0.1) is 0 Å². The van der Waals surface area contributed by atoms with Gasteiger partial charge in [-0.15, -0.1) is 0 Å². The fourth-order valence-corrected chi connectivity index (χ4v) is 4.52. The summed E-state index contributed by atoms with van der Waals surface area (Å²) in [5.41, 5.74) is 4.56. The molecule has 0 bridgehead atoms. The number of fused-ring (bicyclic) bond motifs is 1. The molecule has 39 heavy (non-hydrogen) atoms. The van der Waals surface area contributed by atoms with Gasteiger partial charge in [-0.2, -0.15) is 5.10 Å². The summed E-state index contributed by atoms with van der Waals surface area (Å²) in [6.07, 6.45) is 6.07. The van der Waals surface area contributed by atoms with Gasteiger partial charge in [0, 0.05) is 43.6 Å². The molecular formula is C29H33N5O5. The molecule has 1 amide bonds. The molecule has 1 aliphatic heterocycles. The molecule has 10 nitrogen and oxygen atoms in total. The maximum atomic E-state index is 12.0. The minimum absolute atomic E-state index is 0.113. The predicted octanol–water partition coefficient (Wildman–Crippen LogP) is 4.77. The quantitative estimate of drug-likeness (QED) is 0.300. The summed E-state index contributed by atoms with van der Waals surface area (Å²) < 4.78 is 19.3. The van der Waals surface area contributed by atoms with Gasteiger partial charge in [-0.25, -0.2) is 14.5 Å². The maximum Gasteiger partial charge on any atom is 0.407 e. The number of hydrogen-bond donors (Lipinski definition) is 2. The van der Waals surface area contributed by atoms with Crippen LogP contribution in [0.5, 0.6) is 5.88 Å². The SMILES string of the molecule is C[C@H](CCNC(=O)OCc1ccccc1)Oc1ccc2c(n1)c(-c1cncc(CO)c1)nn2C1CCCCO1. The molecule has 2 N–H and O–H groups in total. The first-order valence-electron chi connectivity index (χ1n) is 13.3. The molecule has 5 rings (SSSR count). The van der Waals surface area contributed by atoms with Gasteiger partial charge in [0.05, 0.1) is 18.2 Å². The molecule has 10 heteroatoms. The van der Waals surface area contributed by atoms with E-state index in [2.05, 4.69) is 10.3 Å². The summed E-state index contributed by atoms with van der Waals surface area (Å²) >= 11 is 0. The van der Waals surface area contributed by atoms with Crippen LogP contribution >= 0.6 is 0 Å². The lowest BCUT2D eigenvalue weighted by molar-refractivity contribution is -0.0365. The third kappa shape index (κ3) is 6.71. The number of alkyl carbamates (subject to hydrolysis) is 1.